The Morgan fingerprint density at radius 1 is 1.79 bits per heavy atom. The number of amides is 1. The number of aromatic nitrogens is 2. The highest BCUT2D eigenvalue weighted by atomic mass is 16.2. The number of aromatic amines is 1. The number of rotatable bonds is 2. The minimum absolute atomic E-state index is 0.0130. The van der Waals surface area contributed by atoms with Gasteiger partial charge in [0.05, 0.1) is 6.20 Å². The van der Waals surface area contributed by atoms with Gasteiger partial charge in [-0.25, -0.2) is 0 Å². The van der Waals surface area contributed by atoms with Crippen LogP contribution in [0.1, 0.15) is 23.7 Å². The molecule has 0 aromatic carbocycles. The van der Waals surface area contributed by atoms with Crippen LogP contribution in [0, 0.1) is 5.92 Å². The van der Waals surface area contributed by atoms with Gasteiger partial charge in [-0.05, 0) is 12.3 Å². The fourth-order valence-electron chi connectivity index (χ4n) is 1.63. The van der Waals surface area contributed by atoms with Gasteiger partial charge in [-0.15, -0.1) is 0 Å². The number of anilines is 1. The lowest BCUT2D eigenvalue weighted by atomic mass is 9.97. The molecule has 1 amide bonds. The van der Waals surface area contributed by atoms with Crippen molar-refractivity contribution in [2.24, 2.45) is 5.92 Å². The van der Waals surface area contributed by atoms with Crippen LogP contribution in [0.2, 0.25) is 0 Å². The summed E-state index contributed by atoms with van der Waals surface area (Å²) >= 11 is 0. The molecule has 5 nitrogen and oxygen atoms in total. The number of hydrogen-bond donors (Lipinski definition) is 2. The van der Waals surface area contributed by atoms with Crippen LogP contribution in [0.25, 0.3) is 0 Å². The highest BCUT2D eigenvalue weighted by Crippen LogP contribution is 2.22. The van der Waals surface area contributed by atoms with E-state index in [0.29, 0.717) is 17.3 Å². The van der Waals surface area contributed by atoms with E-state index in [2.05, 4.69) is 17.1 Å². The molecule has 5 heteroatoms. The zero-order chi connectivity index (χ0) is 10.1. The van der Waals surface area contributed by atoms with Crippen molar-refractivity contribution in [1.29, 1.82) is 0 Å². The number of nitrogens with two attached hydrogens (primary N) is 1. The molecule has 0 saturated carbocycles. The normalized spacial score (nSPS) is 16.8. The van der Waals surface area contributed by atoms with Crippen molar-refractivity contribution < 1.29 is 4.79 Å². The molecular weight excluding hydrogens is 180 g/mol. The number of H-pyrrole nitrogens is 1. The number of carbonyl (C=O) groups is 1. The van der Waals surface area contributed by atoms with E-state index in [-0.39, 0.29) is 5.91 Å². The van der Waals surface area contributed by atoms with Gasteiger partial charge in [-0.2, -0.15) is 5.10 Å². The predicted molar refractivity (Wildman–Crippen MR) is 52.7 cm³/mol. The molecule has 0 spiro atoms. The number of carbonyl (C=O) groups excluding carboxylic acids is 1. The quantitative estimate of drug-likeness (QED) is 0.718. The number of hydrogen-bond acceptors (Lipinski definition) is 3. The summed E-state index contributed by atoms with van der Waals surface area (Å²) in [6.07, 6.45) is 2.61. The van der Waals surface area contributed by atoms with E-state index in [4.69, 9.17) is 5.73 Å². The van der Waals surface area contributed by atoms with E-state index in [9.17, 15) is 4.79 Å². The number of likely N-dealkylation sites (tertiary alicyclic amines) is 1. The third-order valence-electron chi connectivity index (χ3n) is 2.72. The van der Waals surface area contributed by atoms with Crippen molar-refractivity contribution in [1.82, 2.24) is 15.1 Å². The maximum atomic E-state index is 11.8. The monoisotopic (exact) mass is 194 g/mol. The first kappa shape index (κ1) is 9.05. The summed E-state index contributed by atoms with van der Waals surface area (Å²) in [4.78, 5) is 13.6. The molecule has 0 aliphatic carbocycles. The van der Waals surface area contributed by atoms with Crippen LogP contribution in [0.4, 0.5) is 5.82 Å². The van der Waals surface area contributed by atoms with Crippen molar-refractivity contribution in [3.63, 3.8) is 0 Å². The van der Waals surface area contributed by atoms with E-state index in [0.717, 1.165) is 19.5 Å². The van der Waals surface area contributed by atoms with Gasteiger partial charge in [0.1, 0.15) is 11.4 Å². The minimum Gasteiger partial charge on any atom is -0.383 e. The summed E-state index contributed by atoms with van der Waals surface area (Å²) in [5.74, 6) is 1.00. The van der Waals surface area contributed by atoms with Crippen molar-refractivity contribution in [2.75, 3.05) is 18.8 Å². The van der Waals surface area contributed by atoms with Gasteiger partial charge in [0.25, 0.3) is 5.91 Å². The third kappa shape index (κ3) is 1.34. The number of nitrogens with zero attached hydrogens (tertiary/aromatic N) is 2. The maximum Gasteiger partial charge on any atom is 0.259 e. The van der Waals surface area contributed by atoms with Crippen molar-refractivity contribution in [2.45, 2.75) is 13.3 Å². The minimum atomic E-state index is -0.0130. The van der Waals surface area contributed by atoms with Crippen LogP contribution < -0.4 is 5.73 Å². The molecule has 0 radical (unpaired) electrons. The Hall–Kier alpha value is -1.52. The lowest BCUT2D eigenvalue weighted by molar-refractivity contribution is 0.0495. The zero-order valence-electron chi connectivity index (χ0n) is 8.16. The second-order valence-electron chi connectivity index (χ2n) is 3.68. The largest absolute Gasteiger partial charge is 0.383 e. The summed E-state index contributed by atoms with van der Waals surface area (Å²) < 4.78 is 0. The van der Waals surface area contributed by atoms with Gasteiger partial charge < -0.3 is 10.6 Å². The van der Waals surface area contributed by atoms with Crippen LogP contribution in [0.5, 0.6) is 0 Å². The van der Waals surface area contributed by atoms with E-state index in [1.54, 1.807) is 4.90 Å². The SMILES string of the molecule is CCC1CN(C(=O)c2cn[nH]c2N)C1. The summed E-state index contributed by atoms with van der Waals surface area (Å²) in [7, 11) is 0. The van der Waals surface area contributed by atoms with Gasteiger partial charge in [-0.1, -0.05) is 6.92 Å². The second-order valence-corrected chi connectivity index (χ2v) is 3.68. The number of nitrogens with one attached hydrogen (secondary N) is 1. The Balaban J connectivity index is 2.01. The zero-order valence-corrected chi connectivity index (χ0v) is 8.16. The van der Waals surface area contributed by atoms with Crippen molar-refractivity contribution in [3.05, 3.63) is 11.8 Å². The lowest BCUT2D eigenvalue weighted by Gasteiger charge is -2.38. The molecule has 76 valence electrons. The molecule has 1 aromatic heterocycles. The molecule has 1 aromatic rings. The van der Waals surface area contributed by atoms with Gasteiger partial charge in [0.15, 0.2) is 0 Å². The first-order valence-electron chi connectivity index (χ1n) is 4.80. The first-order chi connectivity index (χ1) is 6.72. The second kappa shape index (κ2) is 3.32. The van der Waals surface area contributed by atoms with Crippen LogP contribution in [0.3, 0.4) is 0 Å². The fraction of sp³-hybridized carbons (Fsp3) is 0.556. The van der Waals surface area contributed by atoms with Crippen LogP contribution in [0.15, 0.2) is 6.20 Å². The Bertz CT molecular complexity index is 340. The molecular formula is C9H14N4O. The lowest BCUT2D eigenvalue weighted by Crippen LogP contribution is -2.49. The van der Waals surface area contributed by atoms with Gasteiger partial charge in [0.2, 0.25) is 0 Å². The maximum absolute atomic E-state index is 11.8. The molecule has 0 atom stereocenters. The standard InChI is InChI=1S/C9H14N4O/c1-2-6-4-13(5-6)9(14)7-3-11-12-8(7)10/h3,6H,2,4-5H2,1H3,(H3,10,11,12). The predicted octanol–water partition coefficient (Wildman–Crippen LogP) is 0.474. The van der Waals surface area contributed by atoms with Gasteiger partial charge in [-0.3, -0.25) is 9.89 Å². The van der Waals surface area contributed by atoms with E-state index in [1.165, 1.54) is 6.20 Å². The Morgan fingerprint density at radius 3 is 3.00 bits per heavy atom. The van der Waals surface area contributed by atoms with Gasteiger partial charge in [0, 0.05) is 13.1 Å². The van der Waals surface area contributed by atoms with Crippen LogP contribution in [-0.2, 0) is 0 Å². The average molecular weight is 194 g/mol. The van der Waals surface area contributed by atoms with E-state index in [1.807, 2.05) is 0 Å². The molecule has 2 rings (SSSR count). The first-order valence-corrected chi connectivity index (χ1v) is 4.80. The summed E-state index contributed by atoms with van der Waals surface area (Å²) in [5.41, 5.74) is 6.05. The van der Waals surface area contributed by atoms with E-state index >= 15 is 0 Å². The highest BCUT2D eigenvalue weighted by molar-refractivity contribution is 5.98. The molecule has 1 aliphatic heterocycles. The van der Waals surface area contributed by atoms with Crippen LogP contribution >= 0.6 is 0 Å². The van der Waals surface area contributed by atoms with E-state index < -0.39 is 0 Å². The summed E-state index contributed by atoms with van der Waals surface area (Å²) in [5, 5.41) is 6.28. The smallest absolute Gasteiger partial charge is 0.259 e. The summed E-state index contributed by atoms with van der Waals surface area (Å²) in [6, 6.07) is 0. The molecule has 1 saturated heterocycles. The van der Waals surface area contributed by atoms with Crippen LogP contribution in [-0.4, -0.2) is 34.1 Å². The molecule has 2 heterocycles. The van der Waals surface area contributed by atoms with Crippen molar-refractivity contribution in [3.8, 4) is 0 Å². The fourth-order valence-corrected chi connectivity index (χ4v) is 1.63. The molecule has 3 N–H and O–H groups in total. The van der Waals surface area contributed by atoms with Crippen molar-refractivity contribution >= 4 is 11.7 Å². The Kier molecular flexibility index (Phi) is 2.15. The molecule has 1 aliphatic rings. The Labute approximate surface area is 82.3 Å². The molecule has 14 heavy (non-hydrogen) atoms. The number of nitrogen functional groups attached to an aromatic ring is 1. The molecule has 0 bridgehead atoms. The molecule has 1 fully saturated rings. The Morgan fingerprint density at radius 2 is 2.50 bits per heavy atom. The topological polar surface area (TPSA) is 75.0 Å². The molecule has 0 unspecified atom stereocenters. The average Bonchev–Trinajstić information content (AvgIpc) is 2.49. The highest BCUT2D eigenvalue weighted by Gasteiger charge is 2.31. The summed E-state index contributed by atoms with van der Waals surface area (Å²) in [6.45, 7) is 3.83. The van der Waals surface area contributed by atoms with Gasteiger partial charge >= 0.3 is 0 Å². The third-order valence-corrected chi connectivity index (χ3v) is 2.72.